The third-order valence-electron chi connectivity index (χ3n) is 5.27. The van der Waals surface area contributed by atoms with Crippen LogP contribution in [0.2, 0.25) is 0 Å². The Hall–Kier alpha value is -2.12. The zero-order chi connectivity index (χ0) is 20.6. The van der Waals surface area contributed by atoms with Gasteiger partial charge in [0.2, 0.25) is 5.91 Å². The fraction of sp³-hybridized carbons (Fsp3) is 0.789. The summed E-state index contributed by atoms with van der Waals surface area (Å²) >= 11 is 0. The summed E-state index contributed by atoms with van der Waals surface area (Å²) in [7, 11) is 0. The summed E-state index contributed by atoms with van der Waals surface area (Å²) in [6, 6.07) is -1.63. The Balaban J connectivity index is 2.09. The van der Waals surface area contributed by atoms with Gasteiger partial charge in [0.05, 0.1) is 0 Å². The third-order valence-corrected chi connectivity index (χ3v) is 5.27. The molecule has 2 rings (SSSR count). The van der Waals surface area contributed by atoms with Crippen LogP contribution < -0.4 is 10.6 Å². The minimum Gasteiger partial charge on any atom is -0.480 e. The lowest BCUT2D eigenvalue weighted by molar-refractivity contribution is -0.143. The van der Waals surface area contributed by atoms with Gasteiger partial charge in [0.15, 0.2) is 0 Å². The molecule has 3 N–H and O–H groups in total. The second kappa shape index (κ2) is 7.48. The first-order valence-electron chi connectivity index (χ1n) is 9.51. The highest BCUT2D eigenvalue weighted by Crippen LogP contribution is 2.46. The number of carbonyl (C=O) groups is 4. The molecule has 2 aliphatic rings. The standard InChI is InChI=1S/C19H31N3O5/c1-11(2)6-13(15(24)25)20-14(23)9-22-16(26)19(21-17(22)27)8-12(3)7-18(4,5)10-19/h11-13H,6-10H2,1-5H3,(H,20,23)(H,21,27)(H,24,25). The number of nitrogens with one attached hydrogen (secondary N) is 2. The minimum absolute atomic E-state index is 0.0809. The summed E-state index contributed by atoms with van der Waals surface area (Å²) < 4.78 is 0. The molecule has 0 bridgehead atoms. The van der Waals surface area contributed by atoms with Crippen molar-refractivity contribution in [3.63, 3.8) is 0 Å². The smallest absolute Gasteiger partial charge is 0.326 e. The van der Waals surface area contributed by atoms with Crippen molar-refractivity contribution < 1.29 is 24.3 Å². The first-order valence-corrected chi connectivity index (χ1v) is 9.51. The second-order valence-corrected chi connectivity index (χ2v) is 9.35. The summed E-state index contributed by atoms with van der Waals surface area (Å²) in [5.74, 6) is -1.81. The van der Waals surface area contributed by atoms with E-state index in [1.54, 1.807) is 0 Å². The van der Waals surface area contributed by atoms with Gasteiger partial charge in [-0.05, 0) is 42.9 Å². The van der Waals surface area contributed by atoms with E-state index >= 15 is 0 Å². The lowest BCUT2D eigenvalue weighted by Crippen LogP contribution is -2.54. The van der Waals surface area contributed by atoms with Crippen molar-refractivity contribution in [3.8, 4) is 0 Å². The van der Waals surface area contributed by atoms with Gasteiger partial charge in [0.1, 0.15) is 18.1 Å². The number of urea groups is 1. The summed E-state index contributed by atoms with van der Waals surface area (Å²) in [6.07, 6.45) is 2.31. The van der Waals surface area contributed by atoms with E-state index in [1.165, 1.54) is 0 Å². The van der Waals surface area contributed by atoms with Crippen LogP contribution in [0.4, 0.5) is 4.79 Å². The molecule has 0 aromatic heterocycles. The van der Waals surface area contributed by atoms with Crippen LogP contribution in [0.15, 0.2) is 0 Å². The van der Waals surface area contributed by atoms with Crippen LogP contribution in [-0.2, 0) is 14.4 Å². The van der Waals surface area contributed by atoms with Crippen molar-refractivity contribution in [2.24, 2.45) is 17.3 Å². The first kappa shape index (κ1) is 21.2. The van der Waals surface area contributed by atoms with Crippen molar-refractivity contribution in [2.45, 2.75) is 71.9 Å². The Bertz CT molecular complexity index is 645. The Kier molecular flexibility index (Phi) is 5.87. The quantitative estimate of drug-likeness (QED) is 0.606. The molecule has 4 amide bonds. The molecule has 3 unspecified atom stereocenters. The number of carbonyl (C=O) groups excluding carboxylic acids is 3. The monoisotopic (exact) mass is 381 g/mol. The fourth-order valence-corrected chi connectivity index (χ4v) is 4.73. The van der Waals surface area contributed by atoms with Crippen LogP contribution in [0.1, 0.15) is 60.3 Å². The average molecular weight is 381 g/mol. The normalized spacial score (nSPS) is 28.4. The summed E-state index contributed by atoms with van der Waals surface area (Å²) in [5, 5.41) is 14.5. The number of nitrogens with zero attached hydrogens (tertiary/aromatic N) is 1. The van der Waals surface area contributed by atoms with Gasteiger partial charge in [0, 0.05) is 0 Å². The largest absolute Gasteiger partial charge is 0.480 e. The number of hydrogen-bond acceptors (Lipinski definition) is 4. The number of amides is 4. The molecule has 152 valence electrons. The second-order valence-electron chi connectivity index (χ2n) is 9.35. The molecule has 1 heterocycles. The predicted molar refractivity (Wildman–Crippen MR) is 98.8 cm³/mol. The van der Waals surface area contributed by atoms with Crippen molar-refractivity contribution in [3.05, 3.63) is 0 Å². The molecule has 0 aromatic carbocycles. The van der Waals surface area contributed by atoms with Crippen LogP contribution in [0.25, 0.3) is 0 Å². The molecule has 1 saturated carbocycles. The van der Waals surface area contributed by atoms with E-state index in [4.69, 9.17) is 0 Å². The van der Waals surface area contributed by atoms with E-state index in [0.717, 1.165) is 11.3 Å². The van der Waals surface area contributed by atoms with Gasteiger partial charge in [-0.3, -0.25) is 14.5 Å². The maximum atomic E-state index is 13.0. The van der Waals surface area contributed by atoms with E-state index in [2.05, 4.69) is 31.4 Å². The number of aliphatic carboxylic acids is 1. The van der Waals surface area contributed by atoms with Gasteiger partial charge in [-0.25, -0.2) is 9.59 Å². The van der Waals surface area contributed by atoms with Crippen LogP contribution >= 0.6 is 0 Å². The summed E-state index contributed by atoms with van der Waals surface area (Å²) in [6.45, 7) is 9.44. The molecule has 0 radical (unpaired) electrons. The minimum atomic E-state index is -1.13. The van der Waals surface area contributed by atoms with Gasteiger partial charge in [-0.15, -0.1) is 0 Å². The number of hydrogen-bond donors (Lipinski definition) is 3. The van der Waals surface area contributed by atoms with Crippen molar-refractivity contribution >= 4 is 23.8 Å². The molecule has 1 aliphatic heterocycles. The summed E-state index contributed by atoms with van der Waals surface area (Å²) in [5.41, 5.74) is -1.06. The van der Waals surface area contributed by atoms with Gasteiger partial charge >= 0.3 is 12.0 Å². The third kappa shape index (κ3) is 4.78. The van der Waals surface area contributed by atoms with Gasteiger partial charge < -0.3 is 15.7 Å². The molecule has 1 saturated heterocycles. The summed E-state index contributed by atoms with van der Waals surface area (Å²) in [4.78, 5) is 49.9. The molecular weight excluding hydrogens is 350 g/mol. The molecular formula is C19H31N3O5. The van der Waals surface area contributed by atoms with Crippen LogP contribution in [0, 0.1) is 17.3 Å². The fourth-order valence-electron chi connectivity index (χ4n) is 4.73. The topological polar surface area (TPSA) is 116 Å². The van der Waals surface area contributed by atoms with E-state index in [-0.39, 0.29) is 23.7 Å². The zero-order valence-corrected chi connectivity index (χ0v) is 16.8. The van der Waals surface area contributed by atoms with E-state index in [9.17, 15) is 24.3 Å². The molecule has 8 nitrogen and oxygen atoms in total. The molecule has 1 spiro atoms. The van der Waals surface area contributed by atoms with Crippen molar-refractivity contribution in [1.29, 1.82) is 0 Å². The molecule has 2 fully saturated rings. The Morgan fingerprint density at radius 1 is 1.30 bits per heavy atom. The Morgan fingerprint density at radius 3 is 2.44 bits per heavy atom. The predicted octanol–water partition coefficient (Wildman–Crippen LogP) is 1.74. The molecule has 27 heavy (non-hydrogen) atoms. The molecule has 8 heteroatoms. The molecule has 1 aliphatic carbocycles. The van der Waals surface area contributed by atoms with E-state index in [0.29, 0.717) is 12.8 Å². The van der Waals surface area contributed by atoms with Gasteiger partial charge in [-0.1, -0.05) is 34.6 Å². The van der Waals surface area contributed by atoms with Crippen molar-refractivity contribution in [1.82, 2.24) is 15.5 Å². The Morgan fingerprint density at radius 2 is 1.93 bits per heavy atom. The lowest BCUT2D eigenvalue weighted by Gasteiger charge is -2.43. The number of carboxylic acid groups (broad SMARTS) is 1. The molecule has 0 aromatic rings. The highest BCUT2D eigenvalue weighted by atomic mass is 16.4. The maximum absolute atomic E-state index is 13.0. The van der Waals surface area contributed by atoms with Crippen molar-refractivity contribution in [2.75, 3.05) is 6.54 Å². The van der Waals surface area contributed by atoms with E-state index < -0.39 is 41.9 Å². The average Bonchev–Trinajstić information content (AvgIpc) is 2.67. The van der Waals surface area contributed by atoms with Crippen LogP contribution in [0.3, 0.4) is 0 Å². The van der Waals surface area contributed by atoms with Gasteiger partial charge in [0.25, 0.3) is 5.91 Å². The number of carboxylic acids is 1. The Labute approximate surface area is 160 Å². The molecule has 3 atom stereocenters. The lowest BCUT2D eigenvalue weighted by atomic mass is 9.64. The SMILES string of the molecule is CC(C)CC(NC(=O)CN1C(=O)NC2(CC(C)CC(C)(C)C2)C1=O)C(=O)O. The van der Waals surface area contributed by atoms with Crippen LogP contribution in [0.5, 0.6) is 0 Å². The first-order chi connectivity index (χ1) is 12.3. The zero-order valence-electron chi connectivity index (χ0n) is 16.8. The highest BCUT2D eigenvalue weighted by Gasteiger charge is 2.56. The van der Waals surface area contributed by atoms with Gasteiger partial charge in [-0.2, -0.15) is 0 Å². The number of rotatable bonds is 6. The van der Waals surface area contributed by atoms with Crippen LogP contribution in [-0.4, -0.2) is 51.9 Å². The maximum Gasteiger partial charge on any atom is 0.326 e. The van der Waals surface area contributed by atoms with E-state index in [1.807, 2.05) is 13.8 Å². The number of imide groups is 1. The highest BCUT2D eigenvalue weighted by molar-refractivity contribution is 6.09.